The van der Waals surface area contributed by atoms with Crippen LogP contribution in [-0.2, 0) is 10.0 Å². The van der Waals surface area contributed by atoms with Crippen LogP contribution in [0.15, 0.2) is 34.2 Å². The first-order chi connectivity index (χ1) is 10.0. The quantitative estimate of drug-likeness (QED) is 0.685. The fourth-order valence-electron chi connectivity index (χ4n) is 2.39. The summed E-state index contributed by atoms with van der Waals surface area (Å²) in [5, 5.41) is 0.488. The van der Waals surface area contributed by atoms with E-state index in [1.54, 1.807) is 24.3 Å². The minimum absolute atomic E-state index is 0.252. The largest absolute Gasteiger partial charge is 0.263 e. The van der Waals surface area contributed by atoms with E-state index in [9.17, 15) is 8.42 Å². The highest BCUT2D eigenvalue weighted by Gasteiger charge is 2.18. The number of rotatable bonds is 3. The smallest absolute Gasteiger partial charge is 0.259 e. The SMILES string of the molecule is CSC(=NC1CCCCC1)NS(=O)(=O)c1ccc(C)cc1. The summed E-state index contributed by atoms with van der Waals surface area (Å²) in [5.41, 5.74) is 1.04. The highest BCUT2D eigenvalue weighted by molar-refractivity contribution is 8.14. The predicted octanol–water partition coefficient (Wildman–Crippen LogP) is 3.33. The summed E-state index contributed by atoms with van der Waals surface area (Å²) in [5.74, 6) is 0. The molecule has 0 unspecified atom stereocenters. The lowest BCUT2D eigenvalue weighted by Crippen LogP contribution is -2.30. The summed E-state index contributed by atoms with van der Waals surface area (Å²) < 4.78 is 27.3. The molecule has 0 aliphatic heterocycles. The number of thioether (sulfide) groups is 1. The highest BCUT2D eigenvalue weighted by atomic mass is 32.2. The predicted molar refractivity (Wildman–Crippen MR) is 89.3 cm³/mol. The molecule has 116 valence electrons. The lowest BCUT2D eigenvalue weighted by Gasteiger charge is -2.19. The molecule has 1 aliphatic carbocycles. The maximum atomic E-state index is 12.3. The van der Waals surface area contributed by atoms with Crippen molar-refractivity contribution in [1.82, 2.24) is 4.72 Å². The van der Waals surface area contributed by atoms with Crippen LogP contribution in [0.5, 0.6) is 0 Å². The van der Waals surface area contributed by atoms with Gasteiger partial charge in [0.2, 0.25) is 0 Å². The minimum atomic E-state index is -3.54. The fourth-order valence-corrected chi connectivity index (χ4v) is 4.20. The zero-order chi connectivity index (χ0) is 15.3. The van der Waals surface area contributed by atoms with Gasteiger partial charge >= 0.3 is 0 Å². The first kappa shape index (κ1) is 16.4. The Balaban J connectivity index is 2.12. The van der Waals surface area contributed by atoms with Gasteiger partial charge in [-0.2, -0.15) is 0 Å². The molecule has 1 aromatic carbocycles. The zero-order valence-corrected chi connectivity index (χ0v) is 14.1. The average Bonchev–Trinajstić information content (AvgIpc) is 2.48. The van der Waals surface area contributed by atoms with Crippen LogP contribution in [0, 0.1) is 6.92 Å². The van der Waals surface area contributed by atoms with Crippen molar-refractivity contribution in [2.24, 2.45) is 4.99 Å². The van der Waals surface area contributed by atoms with Crippen molar-refractivity contribution in [2.45, 2.75) is 50.0 Å². The summed E-state index contributed by atoms with van der Waals surface area (Å²) in [4.78, 5) is 4.85. The van der Waals surface area contributed by atoms with E-state index in [1.165, 1.54) is 31.0 Å². The Labute approximate surface area is 131 Å². The Morgan fingerprint density at radius 2 is 1.81 bits per heavy atom. The summed E-state index contributed by atoms with van der Waals surface area (Å²) in [6.07, 6.45) is 7.57. The Morgan fingerprint density at radius 3 is 2.38 bits per heavy atom. The Hall–Kier alpha value is -1.01. The first-order valence-corrected chi connectivity index (χ1v) is 9.93. The molecule has 0 bridgehead atoms. The molecular weight excluding hydrogens is 304 g/mol. The van der Waals surface area contributed by atoms with E-state index in [2.05, 4.69) is 9.71 Å². The Bertz CT molecular complexity index is 589. The van der Waals surface area contributed by atoms with Crippen LogP contribution in [0.2, 0.25) is 0 Å². The van der Waals surface area contributed by atoms with Gasteiger partial charge < -0.3 is 0 Å². The molecule has 21 heavy (non-hydrogen) atoms. The van der Waals surface area contributed by atoms with Crippen molar-refractivity contribution in [2.75, 3.05) is 6.26 Å². The van der Waals surface area contributed by atoms with Crippen LogP contribution in [-0.4, -0.2) is 25.9 Å². The van der Waals surface area contributed by atoms with Gasteiger partial charge in [0.1, 0.15) is 0 Å². The lowest BCUT2D eigenvalue weighted by atomic mass is 9.96. The number of aryl methyl sites for hydroxylation is 1. The molecule has 0 saturated heterocycles. The molecule has 0 atom stereocenters. The van der Waals surface area contributed by atoms with Gasteiger partial charge in [0, 0.05) is 0 Å². The van der Waals surface area contributed by atoms with Crippen molar-refractivity contribution in [1.29, 1.82) is 0 Å². The van der Waals surface area contributed by atoms with Crippen molar-refractivity contribution < 1.29 is 8.42 Å². The number of hydrogen-bond donors (Lipinski definition) is 1. The van der Waals surface area contributed by atoms with Crippen molar-refractivity contribution in [3.8, 4) is 0 Å². The van der Waals surface area contributed by atoms with E-state index < -0.39 is 10.0 Å². The van der Waals surface area contributed by atoms with Gasteiger partial charge in [0.25, 0.3) is 10.0 Å². The molecule has 2 rings (SSSR count). The molecule has 1 aliphatic rings. The van der Waals surface area contributed by atoms with Crippen molar-refractivity contribution in [3.05, 3.63) is 29.8 Å². The molecule has 4 nitrogen and oxygen atoms in total. The van der Waals surface area contributed by atoms with E-state index in [0.29, 0.717) is 5.17 Å². The van der Waals surface area contributed by atoms with Crippen molar-refractivity contribution >= 4 is 27.0 Å². The third-order valence-electron chi connectivity index (χ3n) is 3.62. The standard InChI is InChI=1S/C15H22N2O2S2/c1-12-8-10-14(11-9-12)21(18,19)17-15(20-2)16-13-6-4-3-5-7-13/h8-11,13H,3-7H2,1-2H3,(H,16,17). The number of nitrogens with one attached hydrogen (secondary N) is 1. The third-order valence-corrected chi connectivity index (χ3v) is 5.70. The van der Waals surface area contributed by atoms with E-state index in [1.807, 2.05) is 13.2 Å². The molecule has 1 fully saturated rings. The van der Waals surface area contributed by atoms with Crippen LogP contribution in [0.4, 0.5) is 0 Å². The topological polar surface area (TPSA) is 58.5 Å². The normalized spacial score (nSPS) is 17.7. The van der Waals surface area contributed by atoms with E-state index in [0.717, 1.165) is 18.4 Å². The molecule has 6 heteroatoms. The van der Waals surface area contributed by atoms with E-state index in [4.69, 9.17) is 0 Å². The molecule has 0 heterocycles. The van der Waals surface area contributed by atoms with Crippen LogP contribution < -0.4 is 4.72 Å². The van der Waals surface area contributed by atoms with E-state index in [-0.39, 0.29) is 10.9 Å². The van der Waals surface area contributed by atoms with Crippen molar-refractivity contribution in [3.63, 3.8) is 0 Å². The number of sulfonamides is 1. The second-order valence-corrected chi connectivity index (χ2v) is 7.83. The van der Waals surface area contributed by atoms with Crippen LogP contribution in [0.3, 0.4) is 0 Å². The van der Waals surface area contributed by atoms with Gasteiger partial charge in [-0.3, -0.25) is 9.71 Å². The van der Waals surface area contributed by atoms with Gasteiger partial charge in [-0.15, -0.1) is 0 Å². The summed E-state index contributed by atoms with van der Waals surface area (Å²) in [6, 6.07) is 7.09. The van der Waals surface area contributed by atoms with Gasteiger partial charge in [-0.25, -0.2) is 8.42 Å². The van der Waals surface area contributed by atoms with Gasteiger partial charge in [0.05, 0.1) is 10.9 Å². The minimum Gasteiger partial charge on any atom is -0.259 e. The lowest BCUT2D eigenvalue weighted by molar-refractivity contribution is 0.443. The molecule has 1 N–H and O–H groups in total. The second-order valence-electron chi connectivity index (χ2n) is 5.35. The average molecular weight is 326 g/mol. The maximum absolute atomic E-state index is 12.3. The highest BCUT2D eigenvalue weighted by Crippen LogP contribution is 2.21. The van der Waals surface area contributed by atoms with Gasteiger partial charge in [-0.1, -0.05) is 48.7 Å². The molecule has 0 radical (unpaired) electrons. The van der Waals surface area contributed by atoms with Crippen LogP contribution in [0.25, 0.3) is 0 Å². The molecule has 0 aromatic heterocycles. The number of amidine groups is 1. The van der Waals surface area contributed by atoms with Gasteiger partial charge in [0.15, 0.2) is 5.17 Å². The second kappa shape index (κ2) is 7.31. The number of nitrogens with zero attached hydrogens (tertiary/aromatic N) is 1. The Morgan fingerprint density at radius 1 is 1.19 bits per heavy atom. The summed E-state index contributed by atoms with van der Waals surface area (Å²) in [6.45, 7) is 1.93. The molecular formula is C15H22N2O2S2. The third kappa shape index (κ3) is 4.74. The molecule has 0 amide bonds. The maximum Gasteiger partial charge on any atom is 0.263 e. The van der Waals surface area contributed by atoms with Crippen LogP contribution in [0.1, 0.15) is 37.7 Å². The summed E-state index contributed by atoms with van der Waals surface area (Å²) >= 11 is 1.35. The fraction of sp³-hybridized carbons (Fsp3) is 0.533. The molecule has 1 aromatic rings. The zero-order valence-electron chi connectivity index (χ0n) is 12.5. The monoisotopic (exact) mass is 326 g/mol. The molecule has 0 spiro atoms. The number of benzene rings is 1. The number of hydrogen-bond acceptors (Lipinski definition) is 4. The first-order valence-electron chi connectivity index (χ1n) is 7.22. The molecule has 1 saturated carbocycles. The van der Waals surface area contributed by atoms with E-state index >= 15 is 0 Å². The van der Waals surface area contributed by atoms with Crippen LogP contribution >= 0.6 is 11.8 Å². The number of aliphatic imine (C=N–C) groups is 1. The summed E-state index contributed by atoms with van der Waals surface area (Å²) in [7, 11) is -3.54. The van der Waals surface area contributed by atoms with Gasteiger partial charge in [-0.05, 0) is 38.2 Å². The Kier molecular flexibility index (Phi) is 5.70.